The van der Waals surface area contributed by atoms with Gasteiger partial charge in [0.2, 0.25) is 5.95 Å². The SMILES string of the molecule is CCOC(=O)C1C(C)=Nc2nc(N3C(=O)c4ccccc4C3=O)nn2C1c1ccc(C#N)cc1. The molecule has 0 radical (unpaired) electrons. The molecule has 3 heterocycles. The third kappa shape index (κ3) is 3.17. The van der Waals surface area contributed by atoms with E-state index in [1.807, 2.05) is 0 Å². The van der Waals surface area contributed by atoms with Crippen molar-refractivity contribution in [3.63, 3.8) is 0 Å². The van der Waals surface area contributed by atoms with E-state index >= 15 is 0 Å². The van der Waals surface area contributed by atoms with Crippen LogP contribution in [0, 0.1) is 17.2 Å². The molecule has 10 heteroatoms. The number of ether oxygens (including phenoxy) is 1. The highest BCUT2D eigenvalue weighted by Gasteiger charge is 2.43. The van der Waals surface area contributed by atoms with E-state index in [9.17, 15) is 14.4 Å². The van der Waals surface area contributed by atoms with Gasteiger partial charge in [0.15, 0.2) is 0 Å². The normalized spacial score (nSPS) is 18.7. The number of amides is 2. The molecular formula is C24H18N6O4. The zero-order valence-corrected chi connectivity index (χ0v) is 18.3. The Morgan fingerprint density at radius 1 is 1.09 bits per heavy atom. The third-order valence-corrected chi connectivity index (χ3v) is 5.82. The summed E-state index contributed by atoms with van der Waals surface area (Å²) in [5.41, 5.74) is 2.14. The van der Waals surface area contributed by atoms with Crippen molar-refractivity contribution >= 4 is 35.4 Å². The van der Waals surface area contributed by atoms with Crippen molar-refractivity contribution in [1.82, 2.24) is 14.8 Å². The molecule has 2 amide bonds. The van der Waals surface area contributed by atoms with Crippen molar-refractivity contribution in [3.8, 4) is 6.07 Å². The first-order valence-electron chi connectivity index (χ1n) is 10.6. The minimum Gasteiger partial charge on any atom is -0.465 e. The first-order valence-corrected chi connectivity index (χ1v) is 10.6. The first kappa shape index (κ1) is 21.2. The number of nitriles is 1. The molecule has 10 nitrogen and oxygen atoms in total. The van der Waals surface area contributed by atoms with Crippen LogP contribution in [0.3, 0.4) is 0 Å². The largest absolute Gasteiger partial charge is 0.465 e. The smallest absolute Gasteiger partial charge is 0.317 e. The van der Waals surface area contributed by atoms with Gasteiger partial charge in [0.05, 0.1) is 35.4 Å². The van der Waals surface area contributed by atoms with Gasteiger partial charge in [0, 0.05) is 5.71 Å². The number of carbonyl (C=O) groups is 3. The number of esters is 1. The Hall–Kier alpha value is -4.65. The molecule has 2 aromatic carbocycles. The maximum Gasteiger partial charge on any atom is 0.317 e. The average Bonchev–Trinajstić information content (AvgIpc) is 3.36. The van der Waals surface area contributed by atoms with Gasteiger partial charge in [-0.25, -0.2) is 14.6 Å². The van der Waals surface area contributed by atoms with Crippen molar-refractivity contribution < 1.29 is 19.1 Å². The monoisotopic (exact) mass is 454 g/mol. The summed E-state index contributed by atoms with van der Waals surface area (Å²) in [6, 6.07) is 14.6. The van der Waals surface area contributed by atoms with Crippen LogP contribution in [0.1, 0.15) is 51.7 Å². The van der Waals surface area contributed by atoms with E-state index in [1.54, 1.807) is 62.4 Å². The quantitative estimate of drug-likeness (QED) is 0.437. The van der Waals surface area contributed by atoms with E-state index in [0.29, 0.717) is 16.8 Å². The molecule has 0 saturated heterocycles. The fraction of sp³-hybridized carbons (Fsp3) is 0.208. The Balaban J connectivity index is 1.63. The Labute approximate surface area is 194 Å². The van der Waals surface area contributed by atoms with Crippen molar-refractivity contribution in [3.05, 3.63) is 70.8 Å². The van der Waals surface area contributed by atoms with Crippen molar-refractivity contribution in [2.24, 2.45) is 10.9 Å². The molecule has 0 saturated carbocycles. The van der Waals surface area contributed by atoms with Crippen LogP contribution in [0.15, 0.2) is 53.5 Å². The number of fused-ring (bicyclic) bond motifs is 2. The van der Waals surface area contributed by atoms with Gasteiger partial charge in [-0.15, -0.1) is 5.10 Å². The summed E-state index contributed by atoms with van der Waals surface area (Å²) in [7, 11) is 0. The lowest BCUT2D eigenvalue weighted by Gasteiger charge is -2.29. The van der Waals surface area contributed by atoms with Gasteiger partial charge in [-0.2, -0.15) is 10.2 Å². The molecule has 5 rings (SSSR count). The molecule has 2 atom stereocenters. The van der Waals surface area contributed by atoms with Crippen LogP contribution in [0.4, 0.5) is 11.9 Å². The van der Waals surface area contributed by atoms with E-state index < -0.39 is 29.7 Å². The van der Waals surface area contributed by atoms with Gasteiger partial charge < -0.3 is 4.74 Å². The number of rotatable bonds is 4. The Morgan fingerprint density at radius 3 is 2.32 bits per heavy atom. The van der Waals surface area contributed by atoms with Gasteiger partial charge in [0.25, 0.3) is 17.8 Å². The van der Waals surface area contributed by atoms with Crippen LogP contribution >= 0.6 is 0 Å². The maximum atomic E-state index is 12.9. The Morgan fingerprint density at radius 2 is 1.74 bits per heavy atom. The van der Waals surface area contributed by atoms with Crippen LogP contribution in [0.5, 0.6) is 0 Å². The van der Waals surface area contributed by atoms with E-state index in [0.717, 1.165) is 4.90 Å². The molecule has 168 valence electrons. The standard InChI is InChI=1S/C24H18N6O4/c1-3-34-22(33)18-13(2)26-23-27-24(29-20(31)16-6-4-5-7-17(16)21(29)32)28-30(23)19(18)15-10-8-14(12-25)9-11-15/h4-11,18-19H,3H2,1-2H3. The van der Waals surface area contributed by atoms with Crippen LogP contribution in [-0.4, -0.2) is 44.9 Å². The number of imide groups is 1. The zero-order valence-electron chi connectivity index (χ0n) is 18.3. The lowest BCUT2D eigenvalue weighted by molar-refractivity contribution is -0.146. The predicted octanol–water partition coefficient (Wildman–Crippen LogP) is 2.83. The summed E-state index contributed by atoms with van der Waals surface area (Å²) in [6.45, 7) is 3.59. The summed E-state index contributed by atoms with van der Waals surface area (Å²) in [4.78, 5) is 48.5. The summed E-state index contributed by atoms with van der Waals surface area (Å²) in [5, 5.41) is 13.6. The second-order valence-corrected chi connectivity index (χ2v) is 7.81. The topological polar surface area (TPSA) is 131 Å². The fourth-order valence-electron chi connectivity index (χ4n) is 4.25. The molecular weight excluding hydrogens is 436 g/mol. The van der Waals surface area contributed by atoms with Gasteiger partial charge in [-0.1, -0.05) is 24.3 Å². The molecule has 0 bridgehead atoms. The Bertz CT molecular complexity index is 1380. The van der Waals surface area contributed by atoms with Gasteiger partial charge >= 0.3 is 5.97 Å². The van der Waals surface area contributed by atoms with Gasteiger partial charge in [-0.05, 0) is 43.7 Å². The molecule has 0 spiro atoms. The number of carbonyl (C=O) groups excluding carboxylic acids is 3. The number of aromatic nitrogens is 3. The van der Waals surface area contributed by atoms with Crippen LogP contribution in [-0.2, 0) is 9.53 Å². The minimum absolute atomic E-state index is 0.124. The number of anilines is 1. The minimum atomic E-state index is -0.808. The van der Waals surface area contributed by atoms with Crippen molar-refractivity contribution in [2.75, 3.05) is 11.5 Å². The summed E-state index contributed by atoms with van der Waals surface area (Å²) in [6.07, 6.45) is 0. The maximum absolute atomic E-state index is 12.9. The van der Waals surface area contributed by atoms with Crippen molar-refractivity contribution in [1.29, 1.82) is 5.26 Å². The predicted molar refractivity (Wildman–Crippen MR) is 120 cm³/mol. The second-order valence-electron chi connectivity index (χ2n) is 7.81. The summed E-state index contributed by atoms with van der Waals surface area (Å²) in [5.74, 6) is -2.32. The molecule has 2 aliphatic heterocycles. The van der Waals surface area contributed by atoms with Gasteiger partial charge in [0.1, 0.15) is 5.92 Å². The van der Waals surface area contributed by atoms with E-state index in [-0.39, 0.29) is 29.6 Å². The van der Waals surface area contributed by atoms with Crippen LogP contribution in [0.2, 0.25) is 0 Å². The molecule has 34 heavy (non-hydrogen) atoms. The molecule has 0 fully saturated rings. The third-order valence-electron chi connectivity index (χ3n) is 5.82. The Kier molecular flexibility index (Phi) is 5.02. The van der Waals surface area contributed by atoms with Crippen LogP contribution < -0.4 is 4.90 Å². The molecule has 2 aliphatic rings. The molecule has 3 aromatic rings. The summed E-state index contributed by atoms with van der Waals surface area (Å²) >= 11 is 0. The lowest BCUT2D eigenvalue weighted by atomic mass is 9.88. The second kappa shape index (κ2) is 8.04. The van der Waals surface area contributed by atoms with E-state index in [1.165, 1.54) is 4.68 Å². The highest BCUT2D eigenvalue weighted by Crippen LogP contribution is 2.38. The number of hydrogen-bond donors (Lipinski definition) is 0. The van der Waals surface area contributed by atoms with Crippen molar-refractivity contribution in [2.45, 2.75) is 19.9 Å². The number of hydrogen-bond acceptors (Lipinski definition) is 8. The van der Waals surface area contributed by atoms with Gasteiger partial charge in [-0.3, -0.25) is 14.4 Å². The zero-order chi connectivity index (χ0) is 24.0. The molecule has 0 aliphatic carbocycles. The number of benzene rings is 2. The van der Waals surface area contributed by atoms with Crippen LogP contribution in [0.25, 0.3) is 0 Å². The fourth-order valence-corrected chi connectivity index (χ4v) is 4.25. The highest BCUT2D eigenvalue weighted by atomic mass is 16.5. The van der Waals surface area contributed by atoms with E-state index in [2.05, 4.69) is 21.1 Å². The first-order chi connectivity index (χ1) is 16.4. The number of aliphatic imine (C=N–C) groups is 1. The molecule has 2 unspecified atom stereocenters. The lowest BCUT2D eigenvalue weighted by Crippen LogP contribution is -2.37. The summed E-state index contributed by atoms with van der Waals surface area (Å²) < 4.78 is 6.72. The highest BCUT2D eigenvalue weighted by molar-refractivity contribution is 6.33. The van der Waals surface area contributed by atoms with E-state index in [4.69, 9.17) is 10.00 Å². The number of nitrogens with zero attached hydrogens (tertiary/aromatic N) is 6. The molecule has 1 aromatic heterocycles. The average molecular weight is 454 g/mol. The molecule has 0 N–H and O–H groups in total.